The summed E-state index contributed by atoms with van der Waals surface area (Å²) in [5.74, 6) is 0. The zero-order valence-electron chi connectivity index (χ0n) is 9.84. The van der Waals surface area contributed by atoms with Crippen LogP contribution in [0.1, 0.15) is 11.6 Å². The lowest BCUT2D eigenvalue weighted by Gasteiger charge is -2.36. The van der Waals surface area contributed by atoms with Gasteiger partial charge in [0, 0.05) is 44.1 Å². The molecule has 0 unspecified atom stereocenters. The van der Waals surface area contributed by atoms with E-state index in [4.69, 9.17) is 23.2 Å². The van der Waals surface area contributed by atoms with E-state index in [1.165, 1.54) is 17.3 Å². The summed E-state index contributed by atoms with van der Waals surface area (Å²) >= 11 is 11.7. The topological polar surface area (TPSA) is 28.2 Å². The van der Waals surface area contributed by atoms with Gasteiger partial charge < -0.3 is 5.32 Å². The summed E-state index contributed by atoms with van der Waals surface area (Å²) in [4.78, 5) is 5.03. The van der Waals surface area contributed by atoms with Gasteiger partial charge in [-0.2, -0.15) is 13.2 Å². The fraction of sp³-hybridized carbons (Fsp3) is 0.545. The number of hydrogen-bond donors (Lipinski definition) is 1. The summed E-state index contributed by atoms with van der Waals surface area (Å²) in [7, 11) is 0. The number of pyridine rings is 1. The number of nitrogens with zero attached hydrogens (tertiary/aromatic N) is 2. The van der Waals surface area contributed by atoms with E-state index in [9.17, 15) is 13.2 Å². The van der Waals surface area contributed by atoms with Crippen LogP contribution in [0.2, 0.25) is 10.0 Å². The van der Waals surface area contributed by atoms with Crippen molar-refractivity contribution in [2.45, 2.75) is 12.2 Å². The van der Waals surface area contributed by atoms with Gasteiger partial charge in [-0.3, -0.25) is 9.88 Å². The van der Waals surface area contributed by atoms with Crippen molar-refractivity contribution >= 4 is 23.2 Å². The molecule has 1 aromatic heterocycles. The first-order valence-electron chi connectivity index (χ1n) is 5.71. The summed E-state index contributed by atoms with van der Waals surface area (Å²) in [6, 6.07) is -1.79. The van der Waals surface area contributed by atoms with Crippen LogP contribution in [0.25, 0.3) is 0 Å². The summed E-state index contributed by atoms with van der Waals surface area (Å²) < 4.78 is 40.1. The number of nitrogens with one attached hydrogen (secondary N) is 1. The minimum Gasteiger partial charge on any atom is -0.314 e. The van der Waals surface area contributed by atoms with Gasteiger partial charge in [-0.15, -0.1) is 0 Å². The van der Waals surface area contributed by atoms with Crippen molar-refractivity contribution in [1.29, 1.82) is 0 Å². The molecule has 106 valence electrons. The minimum absolute atomic E-state index is 0.0617. The molecule has 2 rings (SSSR count). The third kappa shape index (κ3) is 3.31. The van der Waals surface area contributed by atoms with E-state index in [0.717, 1.165) is 0 Å². The second-order valence-corrected chi connectivity index (χ2v) is 5.06. The summed E-state index contributed by atoms with van der Waals surface area (Å²) in [5.41, 5.74) is -0.118. The van der Waals surface area contributed by atoms with Gasteiger partial charge in [-0.05, 0) is 0 Å². The highest BCUT2D eigenvalue weighted by molar-refractivity contribution is 6.35. The molecule has 1 fully saturated rings. The zero-order valence-corrected chi connectivity index (χ0v) is 11.4. The second-order valence-electron chi connectivity index (χ2n) is 4.25. The van der Waals surface area contributed by atoms with Crippen molar-refractivity contribution in [2.75, 3.05) is 26.2 Å². The van der Waals surface area contributed by atoms with E-state index >= 15 is 0 Å². The summed E-state index contributed by atoms with van der Waals surface area (Å²) in [6.07, 6.45) is -2.07. The van der Waals surface area contributed by atoms with Crippen LogP contribution in [0.3, 0.4) is 0 Å². The van der Waals surface area contributed by atoms with Gasteiger partial charge >= 0.3 is 6.18 Å². The Kier molecular flexibility index (Phi) is 4.55. The van der Waals surface area contributed by atoms with Gasteiger partial charge in [0.2, 0.25) is 0 Å². The Morgan fingerprint density at radius 1 is 1.16 bits per heavy atom. The van der Waals surface area contributed by atoms with E-state index in [1.807, 2.05) is 0 Å². The maximum absolute atomic E-state index is 13.4. The first-order valence-corrected chi connectivity index (χ1v) is 6.47. The van der Waals surface area contributed by atoms with E-state index in [1.54, 1.807) is 0 Å². The Labute approximate surface area is 118 Å². The number of rotatable bonds is 2. The van der Waals surface area contributed by atoms with Crippen LogP contribution in [0, 0.1) is 0 Å². The van der Waals surface area contributed by atoms with Crippen molar-refractivity contribution in [2.24, 2.45) is 0 Å². The number of halogens is 5. The molecule has 8 heteroatoms. The Hall–Kier alpha value is -0.560. The quantitative estimate of drug-likeness (QED) is 0.910. The lowest BCUT2D eigenvalue weighted by molar-refractivity contribution is -0.187. The van der Waals surface area contributed by atoms with Crippen molar-refractivity contribution in [3.8, 4) is 0 Å². The fourth-order valence-corrected chi connectivity index (χ4v) is 2.75. The monoisotopic (exact) mass is 313 g/mol. The number of aromatic nitrogens is 1. The molecule has 19 heavy (non-hydrogen) atoms. The van der Waals surface area contributed by atoms with Crippen LogP contribution in [-0.4, -0.2) is 42.2 Å². The molecule has 1 atom stereocenters. The molecule has 0 amide bonds. The predicted octanol–water partition coefficient (Wildman–Crippen LogP) is 2.90. The third-order valence-electron chi connectivity index (χ3n) is 2.99. The third-order valence-corrected chi connectivity index (χ3v) is 3.59. The largest absolute Gasteiger partial charge is 0.408 e. The lowest BCUT2D eigenvalue weighted by atomic mass is 10.1. The molecule has 1 aliphatic rings. The fourth-order valence-electron chi connectivity index (χ4n) is 2.18. The molecule has 0 aliphatic carbocycles. The van der Waals surface area contributed by atoms with E-state index in [0.29, 0.717) is 26.2 Å². The van der Waals surface area contributed by atoms with Crippen LogP contribution in [0.15, 0.2) is 12.4 Å². The molecule has 0 spiro atoms. The van der Waals surface area contributed by atoms with Crippen LogP contribution in [-0.2, 0) is 0 Å². The maximum atomic E-state index is 13.4. The summed E-state index contributed by atoms with van der Waals surface area (Å²) in [5, 5.41) is 2.89. The van der Waals surface area contributed by atoms with Crippen LogP contribution in [0.4, 0.5) is 13.2 Å². The standard InChI is InChI=1S/C11H12Cl2F3N3/c12-7-5-18-6-8(13)9(7)10(11(14,15)16)19-3-1-17-2-4-19/h5-6,10,17H,1-4H2/t10-/m0/s1. The normalized spacial score (nSPS) is 19.4. The van der Waals surface area contributed by atoms with Crippen molar-refractivity contribution in [1.82, 2.24) is 15.2 Å². The molecular weight excluding hydrogens is 302 g/mol. The van der Waals surface area contributed by atoms with E-state index in [2.05, 4.69) is 10.3 Å². The van der Waals surface area contributed by atoms with Crippen molar-refractivity contribution in [3.05, 3.63) is 28.0 Å². The number of hydrogen-bond acceptors (Lipinski definition) is 3. The van der Waals surface area contributed by atoms with E-state index < -0.39 is 12.2 Å². The molecule has 0 saturated carbocycles. The average molecular weight is 314 g/mol. The van der Waals surface area contributed by atoms with Crippen LogP contribution < -0.4 is 5.32 Å². The molecule has 1 aliphatic heterocycles. The smallest absolute Gasteiger partial charge is 0.314 e. The highest BCUT2D eigenvalue weighted by Crippen LogP contribution is 2.43. The molecule has 1 saturated heterocycles. The van der Waals surface area contributed by atoms with Gasteiger partial charge in [0.15, 0.2) is 0 Å². The molecule has 1 N–H and O–H groups in total. The van der Waals surface area contributed by atoms with Gasteiger partial charge in [0.25, 0.3) is 0 Å². The first kappa shape index (κ1) is 14.8. The SMILES string of the molecule is FC(F)(F)[C@H](c1c(Cl)cncc1Cl)N1CCNCC1. The molecular formula is C11H12Cl2F3N3. The predicted molar refractivity (Wildman–Crippen MR) is 67.5 cm³/mol. The Morgan fingerprint density at radius 3 is 2.16 bits per heavy atom. The number of piperazine rings is 1. The lowest BCUT2D eigenvalue weighted by Crippen LogP contribution is -2.49. The molecule has 2 heterocycles. The average Bonchev–Trinajstić information content (AvgIpc) is 2.33. The summed E-state index contributed by atoms with van der Waals surface area (Å²) in [6.45, 7) is 1.60. The highest BCUT2D eigenvalue weighted by Gasteiger charge is 2.46. The molecule has 0 aromatic carbocycles. The minimum atomic E-state index is -4.44. The highest BCUT2D eigenvalue weighted by atomic mass is 35.5. The second kappa shape index (κ2) is 5.83. The molecule has 3 nitrogen and oxygen atoms in total. The Bertz CT molecular complexity index is 427. The van der Waals surface area contributed by atoms with Gasteiger partial charge in [-0.1, -0.05) is 23.2 Å². The van der Waals surface area contributed by atoms with Crippen LogP contribution in [0.5, 0.6) is 0 Å². The first-order chi connectivity index (χ1) is 8.91. The zero-order chi connectivity index (χ0) is 14.0. The van der Waals surface area contributed by atoms with Crippen molar-refractivity contribution in [3.63, 3.8) is 0 Å². The van der Waals surface area contributed by atoms with E-state index in [-0.39, 0.29) is 15.6 Å². The van der Waals surface area contributed by atoms with Crippen molar-refractivity contribution < 1.29 is 13.2 Å². The molecule has 1 aromatic rings. The number of alkyl halides is 3. The van der Waals surface area contributed by atoms with Gasteiger partial charge in [-0.25, -0.2) is 0 Å². The molecule has 0 bridgehead atoms. The molecule has 0 radical (unpaired) electrons. The van der Waals surface area contributed by atoms with Gasteiger partial charge in [0.1, 0.15) is 6.04 Å². The van der Waals surface area contributed by atoms with Crippen LogP contribution >= 0.6 is 23.2 Å². The Morgan fingerprint density at radius 2 is 1.68 bits per heavy atom. The van der Waals surface area contributed by atoms with Gasteiger partial charge in [0.05, 0.1) is 10.0 Å². The Balaban J connectivity index is 2.43. The maximum Gasteiger partial charge on any atom is 0.408 e.